The molecule has 11 aromatic carbocycles. The number of hydrogen-bond donors (Lipinski definition) is 0. The molecule has 0 saturated heterocycles. The lowest BCUT2D eigenvalue weighted by molar-refractivity contribution is 0.590. The smallest absolute Gasteiger partial charge is 0.333 e. The van der Waals surface area contributed by atoms with Gasteiger partial charge in [-0.25, -0.2) is 0 Å². The highest BCUT2D eigenvalue weighted by Gasteiger charge is 2.46. The molecule has 0 N–H and O–H groups in total. The Morgan fingerprint density at radius 3 is 1.45 bits per heavy atom. The molecule has 4 heteroatoms. The fraction of sp³-hybridized carbons (Fsp3) is 0.123. The van der Waals surface area contributed by atoms with Gasteiger partial charge in [-0.2, -0.15) is 0 Å². The van der Waals surface area contributed by atoms with E-state index in [4.69, 9.17) is 0 Å². The lowest BCUT2D eigenvalue weighted by Gasteiger charge is -2.47. The average Bonchev–Trinajstić information content (AvgIpc) is 3.49. The van der Waals surface area contributed by atoms with Crippen LogP contribution < -0.4 is 25.5 Å². The maximum Gasteiger partial charge on any atom is 0.333 e. The Labute approximate surface area is 455 Å². The number of aryl methyl sites for hydroxylation is 1. The van der Waals surface area contributed by atoms with Crippen molar-refractivity contribution in [2.45, 2.75) is 59.3 Å². The molecular weight excluding hydrogens is 930 g/mol. The number of benzene rings is 11. The molecule has 0 bridgehead atoms. The lowest BCUT2D eigenvalue weighted by Crippen LogP contribution is -2.61. The van der Waals surface area contributed by atoms with Crippen molar-refractivity contribution in [3.05, 3.63) is 265 Å². The normalized spacial score (nSPS) is 12.8. The predicted molar refractivity (Wildman–Crippen MR) is 331 cm³/mol. The van der Waals surface area contributed by atoms with Gasteiger partial charge in [-0.05, 0) is 156 Å². The first-order valence-corrected chi connectivity index (χ1v) is 27.2. The third-order valence-electron chi connectivity index (χ3n) is 16.1. The standard InChI is InChI=1S/C73H62BN3/c1-49-27-28-55(52-23-15-10-16-24-52)47-68(49)76-67-44-31-54(51-21-13-9-14-22-51)46-66(67)74-70-65(45-56-25-17-18-26-63(56)71(70)76)64-43-42-62(48-69(64)77(74)61-36-29-53(30-37-61)50-19-11-8-12-20-50)75(59-38-32-57(33-39-59)72(2,3)4)60-40-34-58(35-41-60)73(5,6)7/h8-48H,1-7H3. The van der Waals surface area contributed by atoms with Gasteiger partial charge in [0.25, 0.3) is 0 Å². The third kappa shape index (κ3) is 8.50. The highest BCUT2D eigenvalue weighted by atomic mass is 15.2. The average molecular weight is 992 g/mol. The van der Waals surface area contributed by atoms with Gasteiger partial charge in [0.15, 0.2) is 0 Å². The molecule has 372 valence electrons. The molecule has 2 aliphatic heterocycles. The summed E-state index contributed by atoms with van der Waals surface area (Å²) in [6.07, 6.45) is 0. The SMILES string of the molecule is Cc1ccc(-c2ccccc2)cc1N1c2ccc(-c3ccccc3)cc2B2c3c(cc4ccccc4c31)-c1ccc(N(c3ccc(C(C)(C)C)cc3)c3ccc(C(C)(C)C)cc3)cc1N2c1ccc(-c2ccccc2)cc1. The van der Waals surface area contributed by atoms with Crippen LogP contribution in [-0.2, 0) is 10.8 Å². The summed E-state index contributed by atoms with van der Waals surface area (Å²) in [7, 11) is 0. The van der Waals surface area contributed by atoms with Gasteiger partial charge in [0.1, 0.15) is 0 Å². The minimum Gasteiger partial charge on any atom is -0.376 e. The van der Waals surface area contributed by atoms with E-state index in [0.717, 1.165) is 28.4 Å². The fourth-order valence-corrected chi connectivity index (χ4v) is 12.0. The molecule has 77 heavy (non-hydrogen) atoms. The first-order chi connectivity index (χ1) is 37.4. The predicted octanol–water partition coefficient (Wildman–Crippen LogP) is 18.9. The number of fused-ring (bicyclic) bond motifs is 6. The molecule has 0 radical (unpaired) electrons. The van der Waals surface area contributed by atoms with Crippen molar-refractivity contribution in [3.8, 4) is 44.5 Å². The van der Waals surface area contributed by atoms with Crippen molar-refractivity contribution in [2.24, 2.45) is 0 Å². The zero-order chi connectivity index (χ0) is 52.6. The van der Waals surface area contributed by atoms with Gasteiger partial charge in [-0.3, -0.25) is 0 Å². The van der Waals surface area contributed by atoms with Crippen molar-refractivity contribution < 1.29 is 0 Å². The molecule has 0 aliphatic carbocycles. The van der Waals surface area contributed by atoms with Crippen LogP contribution in [0.3, 0.4) is 0 Å². The topological polar surface area (TPSA) is 9.72 Å². The zero-order valence-electron chi connectivity index (χ0n) is 45.1. The summed E-state index contributed by atoms with van der Waals surface area (Å²) in [5.74, 6) is 0. The minimum absolute atomic E-state index is 0.0200. The second-order valence-electron chi connectivity index (χ2n) is 23.1. The van der Waals surface area contributed by atoms with E-state index < -0.39 is 0 Å². The summed E-state index contributed by atoms with van der Waals surface area (Å²) in [6.45, 7) is 15.8. The molecule has 3 nitrogen and oxygen atoms in total. The Morgan fingerprint density at radius 2 is 0.870 bits per heavy atom. The van der Waals surface area contributed by atoms with Gasteiger partial charge in [-0.15, -0.1) is 0 Å². The van der Waals surface area contributed by atoms with Crippen LogP contribution in [0.2, 0.25) is 0 Å². The second kappa shape index (κ2) is 18.8. The number of nitrogens with zero attached hydrogens (tertiary/aromatic N) is 3. The fourth-order valence-electron chi connectivity index (χ4n) is 12.0. The Hall–Kier alpha value is -8.86. The Kier molecular flexibility index (Phi) is 11.7. The molecule has 0 saturated carbocycles. The monoisotopic (exact) mass is 992 g/mol. The summed E-state index contributed by atoms with van der Waals surface area (Å²) in [6, 6.07) is 93.1. The Morgan fingerprint density at radius 1 is 0.377 bits per heavy atom. The highest BCUT2D eigenvalue weighted by Crippen LogP contribution is 2.52. The van der Waals surface area contributed by atoms with Crippen LogP contribution in [-0.4, -0.2) is 6.85 Å². The van der Waals surface area contributed by atoms with E-state index >= 15 is 0 Å². The van der Waals surface area contributed by atoms with Gasteiger partial charge in [0, 0.05) is 50.8 Å². The van der Waals surface area contributed by atoms with Crippen LogP contribution in [0, 0.1) is 6.92 Å². The zero-order valence-corrected chi connectivity index (χ0v) is 45.1. The van der Waals surface area contributed by atoms with E-state index in [1.807, 2.05) is 0 Å². The van der Waals surface area contributed by atoms with Gasteiger partial charge in [0.05, 0.1) is 5.69 Å². The molecule has 13 rings (SSSR count). The van der Waals surface area contributed by atoms with E-state index in [-0.39, 0.29) is 17.7 Å². The molecule has 0 atom stereocenters. The molecule has 0 amide bonds. The van der Waals surface area contributed by atoms with Crippen LogP contribution in [0.25, 0.3) is 55.3 Å². The molecule has 0 unspecified atom stereocenters. The maximum atomic E-state index is 2.66. The van der Waals surface area contributed by atoms with Crippen molar-refractivity contribution in [2.75, 3.05) is 14.6 Å². The molecule has 0 fully saturated rings. The number of hydrogen-bond acceptors (Lipinski definition) is 3. The van der Waals surface area contributed by atoms with Crippen LogP contribution in [0.15, 0.2) is 249 Å². The van der Waals surface area contributed by atoms with Gasteiger partial charge >= 0.3 is 6.85 Å². The van der Waals surface area contributed by atoms with Crippen LogP contribution in [0.4, 0.5) is 45.5 Å². The van der Waals surface area contributed by atoms with Crippen LogP contribution in [0.1, 0.15) is 58.2 Å². The molecule has 11 aromatic rings. The van der Waals surface area contributed by atoms with Crippen LogP contribution >= 0.6 is 0 Å². The molecule has 2 aliphatic rings. The van der Waals surface area contributed by atoms with Gasteiger partial charge in [0.2, 0.25) is 0 Å². The highest BCUT2D eigenvalue weighted by molar-refractivity contribution is 6.94. The third-order valence-corrected chi connectivity index (χ3v) is 16.1. The lowest BCUT2D eigenvalue weighted by atomic mass is 9.43. The summed E-state index contributed by atoms with van der Waals surface area (Å²) >= 11 is 0. The summed E-state index contributed by atoms with van der Waals surface area (Å²) < 4.78 is 0. The number of rotatable bonds is 8. The minimum atomic E-state index is -0.215. The van der Waals surface area contributed by atoms with E-state index in [2.05, 4.69) is 312 Å². The molecule has 2 heterocycles. The summed E-state index contributed by atoms with van der Waals surface area (Å²) in [4.78, 5) is 7.71. The van der Waals surface area contributed by atoms with Gasteiger partial charge in [-0.1, -0.05) is 224 Å². The van der Waals surface area contributed by atoms with Gasteiger partial charge < -0.3 is 14.6 Å². The summed E-state index contributed by atoms with van der Waals surface area (Å²) in [5, 5.41) is 2.43. The first-order valence-electron chi connectivity index (χ1n) is 27.2. The number of anilines is 8. The second-order valence-corrected chi connectivity index (χ2v) is 23.1. The Bertz CT molecular complexity index is 3930. The van der Waals surface area contributed by atoms with Crippen molar-refractivity contribution >= 4 is 74.0 Å². The first kappa shape index (κ1) is 47.8. The molecule has 0 spiro atoms. The van der Waals surface area contributed by atoms with E-state index in [0.29, 0.717) is 0 Å². The maximum absolute atomic E-state index is 2.66. The largest absolute Gasteiger partial charge is 0.376 e. The van der Waals surface area contributed by atoms with E-state index in [1.54, 1.807) is 0 Å². The van der Waals surface area contributed by atoms with Crippen LogP contribution in [0.5, 0.6) is 0 Å². The van der Waals surface area contributed by atoms with Crippen molar-refractivity contribution in [1.82, 2.24) is 0 Å². The van der Waals surface area contributed by atoms with Crippen molar-refractivity contribution in [1.29, 1.82) is 0 Å². The van der Waals surface area contributed by atoms with E-state index in [9.17, 15) is 0 Å². The Balaban J connectivity index is 1.11. The molecular formula is C73H62BN3. The van der Waals surface area contributed by atoms with E-state index in [1.165, 1.54) is 100.0 Å². The van der Waals surface area contributed by atoms with Crippen molar-refractivity contribution in [3.63, 3.8) is 0 Å². The molecule has 0 aromatic heterocycles. The quantitative estimate of drug-likeness (QED) is 0.141. The summed E-state index contributed by atoms with van der Waals surface area (Å²) in [5.41, 5.74) is 25.2.